The molecular weight excluding hydrogens is 474 g/mol. The van der Waals surface area contributed by atoms with Crippen LogP contribution in [-0.4, -0.2) is 18.8 Å². The van der Waals surface area contributed by atoms with Crippen molar-refractivity contribution in [2.75, 3.05) is 0 Å². The molecule has 0 aliphatic carbocycles. The van der Waals surface area contributed by atoms with Crippen LogP contribution in [0.2, 0.25) is 0 Å². The number of hydrogen-bond donors (Lipinski definition) is 0. The van der Waals surface area contributed by atoms with Crippen molar-refractivity contribution >= 4 is 37.1 Å². The van der Waals surface area contributed by atoms with E-state index in [1.54, 1.807) is 16.4 Å². The van der Waals surface area contributed by atoms with E-state index in [0.717, 1.165) is 27.5 Å². The molecule has 4 heteroatoms. The Balaban J connectivity index is 1.53. The molecule has 0 aromatic heterocycles. The fraction of sp³-hybridized carbons (Fsp3) is 0.152. The zero-order valence-corrected chi connectivity index (χ0v) is 21.8. The van der Waals surface area contributed by atoms with Gasteiger partial charge < -0.3 is 0 Å². The number of fused-ring (bicyclic) bond motifs is 2. The summed E-state index contributed by atoms with van der Waals surface area (Å²) in [4.78, 5) is 0.331. The Morgan fingerprint density at radius 1 is 0.730 bits per heavy atom. The summed E-state index contributed by atoms with van der Waals surface area (Å²) in [6.45, 7) is 3.96. The van der Waals surface area contributed by atoms with Crippen LogP contribution in [0.1, 0.15) is 36.1 Å². The monoisotopic (exact) mass is 503 g/mol. The van der Waals surface area contributed by atoms with Gasteiger partial charge >= 0.3 is 0 Å². The molecule has 0 saturated heterocycles. The van der Waals surface area contributed by atoms with Crippen molar-refractivity contribution in [1.82, 2.24) is 4.31 Å². The molecule has 0 radical (unpaired) electrons. The molecular formula is C33H29NO2S. The number of aryl methyl sites for hydroxylation is 1. The molecule has 0 amide bonds. The van der Waals surface area contributed by atoms with Crippen LogP contribution in [0, 0.1) is 6.92 Å². The second kappa shape index (κ2) is 9.29. The first-order chi connectivity index (χ1) is 17.9. The number of nitrogens with zero attached hydrogens (tertiary/aromatic N) is 1. The van der Waals surface area contributed by atoms with Crippen molar-refractivity contribution in [2.45, 2.75) is 37.2 Å². The van der Waals surface area contributed by atoms with Crippen LogP contribution in [0.3, 0.4) is 0 Å². The maximum Gasteiger partial charge on any atom is 0.244 e. The zero-order chi connectivity index (χ0) is 25.6. The topological polar surface area (TPSA) is 37.4 Å². The highest BCUT2D eigenvalue weighted by Gasteiger charge is 2.39. The summed E-state index contributed by atoms with van der Waals surface area (Å²) in [6.07, 6.45) is 2.72. The number of hydrogen-bond acceptors (Lipinski definition) is 2. The van der Waals surface area contributed by atoms with Crippen LogP contribution < -0.4 is 0 Å². The van der Waals surface area contributed by atoms with E-state index < -0.39 is 10.0 Å². The second-order valence-electron chi connectivity index (χ2n) is 9.93. The van der Waals surface area contributed by atoms with Crippen molar-refractivity contribution in [3.63, 3.8) is 0 Å². The average Bonchev–Trinajstić information content (AvgIpc) is 2.92. The van der Waals surface area contributed by atoms with E-state index in [2.05, 4.69) is 66.7 Å². The van der Waals surface area contributed by atoms with Crippen molar-refractivity contribution < 1.29 is 8.42 Å². The van der Waals surface area contributed by atoms with Crippen LogP contribution in [0.15, 0.2) is 120 Å². The van der Waals surface area contributed by atoms with Gasteiger partial charge in [0.15, 0.2) is 0 Å². The Kier molecular flexibility index (Phi) is 5.94. The second-order valence-corrected chi connectivity index (χ2v) is 11.8. The lowest BCUT2D eigenvalue weighted by atomic mass is 9.87. The highest BCUT2D eigenvalue weighted by Crippen LogP contribution is 2.43. The molecule has 1 aliphatic rings. The molecule has 0 bridgehead atoms. The number of sulfonamides is 1. The third-order valence-corrected chi connectivity index (χ3v) is 9.47. The van der Waals surface area contributed by atoms with Crippen LogP contribution in [0.5, 0.6) is 0 Å². The van der Waals surface area contributed by atoms with Gasteiger partial charge in [-0.25, -0.2) is 8.42 Å². The summed E-state index contributed by atoms with van der Waals surface area (Å²) in [6, 6.07) is 35.8. The summed E-state index contributed by atoms with van der Waals surface area (Å²) >= 11 is 0. The Labute approximate surface area is 218 Å². The van der Waals surface area contributed by atoms with E-state index in [0.29, 0.717) is 11.3 Å². The fourth-order valence-electron chi connectivity index (χ4n) is 5.62. The van der Waals surface area contributed by atoms with Gasteiger partial charge in [-0.15, -0.1) is 0 Å². The van der Waals surface area contributed by atoms with E-state index in [1.165, 1.54) is 16.3 Å². The Bertz CT molecular complexity index is 1750. The van der Waals surface area contributed by atoms with Gasteiger partial charge in [0, 0.05) is 6.04 Å². The van der Waals surface area contributed by atoms with Crippen molar-refractivity contribution in [3.8, 4) is 0 Å². The molecule has 1 heterocycles. The Hall–Kier alpha value is -3.73. The molecule has 184 valence electrons. The minimum absolute atomic E-state index is 0.314. The molecule has 0 unspecified atom stereocenters. The minimum Gasteiger partial charge on any atom is -0.207 e. The first-order valence-electron chi connectivity index (χ1n) is 12.7. The van der Waals surface area contributed by atoms with E-state index >= 15 is 0 Å². The SMILES string of the molecule is Cc1ccc(S(=O)(=O)N2[C@H](C)C=C(c3ccc4ccccc4c3)C[C@@H]2c2cccc3ccccc23)cc1. The molecule has 3 nitrogen and oxygen atoms in total. The van der Waals surface area contributed by atoms with E-state index in [4.69, 9.17) is 0 Å². The predicted octanol–water partition coefficient (Wildman–Crippen LogP) is 7.91. The van der Waals surface area contributed by atoms with Crippen LogP contribution in [0.25, 0.3) is 27.1 Å². The molecule has 2 atom stereocenters. The van der Waals surface area contributed by atoms with Gasteiger partial charge in [-0.1, -0.05) is 103 Å². The zero-order valence-electron chi connectivity index (χ0n) is 21.0. The lowest BCUT2D eigenvalue weighted by Crippen LogP contribution is -2.43. The summed E-state index contributed by atoms with van der Waals surface area (Å²) in [5, 5.41) is 4.59. The summed E-state index contributed by atoms with van der Waals surface area (Å²) < 4.78 is 30.0. The first kappa shape index (κ1) is 23.7. The maximum absolute atomic E-state index is 14.1. The highest BCUT2D eigenvalue weighted by atomic mass is 32.2. The Morgan fingerprint density at radius 2 is 1.41 bits per heavy atom. The molecule has 6 rings (SSSR count). The average molecular weight is 504 g/mol. The molecule has 0 fully saturated rings. The van der Waals surface area contributed by atoms with Gasteiger partial charge in [-0.2, -0.15) is 4.31 Å². The summed E-state index contributed by atoms with van der Waals surface area (Å²) in [5.41, 5.74) is 4.39. The lowest BCUT2D eigenvalue weighted by Gasteiger charge is -2.39. The van der Waals surface area contributed by atoms with Gasteiger partial charge in [-0.3, -0.25) is 0 Å². The quantitative estimate of drug-likeness (QED) is 0.250. The normalized spacial score (nSPS) is 18.7. The van der Waals surface area contributed by atoms with Crippen LogP contribution in [0.4, 0.5) is 0 Å². The summed E-state index contributed by atoms with van der Waals surface area (Å²) in [7, 11) is -3.75. The number of benzene rings is 5. The maximum atomic E-state index is 14.1. The van der Waals surface area contributed by atoms with Gasteiger partial charge in [0.2, 0.25) is 10.0 Å². The lowest BCUT2D eigenvalue weighted by molar-refractivity contribution is 0.288. The Morgan fingerprint density at radius 3 is 2.19 bits per heavy atom. The fourth-order valence-corrected chi connectivity index (χ4v) is 7.37. The molecule has 0 saturated carbocycles. The smallest absolute Gasteiger partial charge is 0.207 e. The molecule has 1 aliphatic heterocycles. The van der Waals surface area contributed by atoms with Crippen LogP contribution in [-0.2, 0) is 10.0 Å². The third-order valence-electron chi connectivity index (χ3n) is 7.46. The number of rotatable bonds is 4. The molecule has 5 aromatic carbocycles. The van der Waals surface area contributed by atoms with Gasteiger partial charge in [0.05, 0.1) is 10.9 Å². The molecule has 37 heavy (non-hydrogen) atoms. The van der Waals surface area contributed by atoms with Crippen molar-refractivity contribution in [3.05, 3.63) is 132 Å². The summed E-state index contributed by atoms with van der Waals surface area (Å²) in [5.74, 6) is 0. The van der Waals surface area contributed by atoms with Gasteiger partial charge in [0.25, 0.3) is 0 Å². The third kappa shape index (κ3) is 4.26. The van der Waals surface area contributed by atoms with E-state index in [9.17, 15) is 8.42 Å². The molecule has 5 aromatic rings. The van der Waals surface area contributed by atoms with Crippen LogP contribution >= 0.6 is 0 Å². The van der Waals surface area contributed by atoms with E-state index in [-0.39, 0.29) is 12.1 Å². The first-order valence-corrected chi connectivity index (χ1v) is 14.1. The van der Waals surface area contributed by atoms with Crippen molar-refractivity contribution in [1.29, 1.82) is 0 Å². The minimum atomic E-state index is -3.75. The van der Waals surface area contributed by atoms with Crippen molar-refractivity contribution in [2.24, 2.45) is 0 Å². The molecule has 0 N–H and O–H groups in total. The predicted molar refractivity (Wildman–Crippen MR) is 153 cm³/mol. The highest BCUT2D eigenvalue weighted by molar-refractivity contribution is 7.89. The van der Waals surface area contributed by atoms with Gasteiger partial charge in [-0.05, 0) is 76.7 Å². The molecule has 0 spiro atoms. The van der Waals surface area contributed by atoms with E-state index in [1.807, 2.05) is 50.2 Å². The van der Waals surface area contributed by atoms with Gasteiger partial charge in [0.1, 0.15) is 0 Å². The largest absolute Gasteiger partial charge is 0.244 e. The standard InChI is InChI=1S/C33H29NO2S/c1-23-14-18-30(19-15-23)37(35,36)34-24(2)20-29(28-17-16-25-8-3-4-10-27(25)21-28)22-33(34)32-13-7-11-26-9-5-6-12-31(26)32/h3-21,24,33H,22H2,1-2H3/t24-,33-/m1/s1.